The first-order chi connectivity index (χ1) is 12.0. The molecule has 0 saturated carbocycles. The van der Waals surface area contributed by atoms with Gasteiger partial charge in [-0.3, -0.25) is 4.79 Å². The smallest absolute Gasteiger partial charge is 0.237 e. The largest absolute Gasteiger partial charge is 0.469 e. The second-order valence-electron chi connectivity index (χ2n) is 5.69. The van der Waals surface area contributed by atoms with Crippen LogP contribution in [0.3, 0.4) is 0 Å². The molecule has 2 aromatic heterocycles. The molecule has 0 unspecified atom stereocenters. The van der Waals surface area contributed by atoms with Gasteiger partial charge in [-0.15, -0.1) is 10.2 Å². The molecule has 1 amide bonds. The predicted octanol–water partition coefficient (Wildman–Crippen LogP) is 2.99. The van der Waals surface area contributed by atoms with E-state index < -0.39 is 0 Å². The van der Waals surface area contributed by atoms with E-state index in [4.69, 9.17) is 10.3 Å². The molecule has 2 heterocycles. The van der Waals surface area contributed by atoms with Gasteiger partial charge < -0.3 is 15.6 Å². The number of carbonyl (C=O) groups is 1. The van der Waals surface area contributed by atoms with Crippen LogP contribution in [0.25, 0.3) is 11.4 Å². The van der Waals surface area contributed by atoms with Crippen molar-refractivity contribution in [1.82, 2.24) is 14.9 Å². The fourth-order valence-electron chi connectivity index (χ4n) is 2.34. The SMILES string of the molecule is Cc1cccc(NC(=O)[C@H](C)Sc2nnc(-c3ccoc3C)n2N)c1. The van der Waals surface area contributed by atoms with Crippen molar-refractivity contribution in [2.24, 2.45) is 0 Å². The summed E-state index contributed by atoms with van der Waals surface area (Å²) in [5.41, 5.74) is 2.63. The third-order valence-corrected chi connectivity index (χ3v) is 4.76. The maximum absolute atomic E-state index is 12.4. The maximum atomic E-state index is 12.4. The number of thioether (sulfide) groups is 1. The van der Waals surface area contributed by atoms with Gasteiger partial charge in [0.15, 0.2) is 5.82 Å². The molecule has 130 valence electrons. The Hall–Kier alpha value is -2.74. The van der Waals surface area contributed by atoms with Gasteiger partial charge in [0.1, 0.15) is 5.76 Å². The first kappa shape index (κ1) is 17.1. The summed E-state index contributed by atoms with van der Waals surface area (Å²) in [6.07, 6.45) is 1.57. The highest BCUT2D eigenvalue weighted by atomic mass is 32.2. The second kappa shape index (κ2) is 7.02. The van der Waals surface area contributed by atoms with Crippen LogP contribution in [0.2, 0.25) is 0 Å². The van der Waals surface area contributed by atoms with E-state index in [9.17, 15) is 4.79 Å². The fourth-order valence-corrected chi connectivity index (χ4v) is 3.11. The average molecular weight is 357 g/mol. The molecule has 0 aliphatic heterocycles. The lowest BCUT2D eigenvalue weighted by molar-refractivity contribution is -0.115. The number of hydrogen-bond donors (Lipinski definition) is 2. The molecule has 0 spiro atoms. The van der Waals surface area contributed by atoms with E-state index >= 15 is 0 Å². The Kier molecular flexibility index (Phi) is 4.80. The van der Waals surface area contributed by atoms with Gasteiger partial charge in [0.25, 0.3) is 0 Å². The number of nitrogen functional groups attached to an aromatic ring is 1. The number of benzene rings is 1. The molecule has 3 rings (SSSR count). The molecule has 0 aliphatic carbocycles. The molecule has 3 N–H and O–H groups in total. The topological polar surface area (TPSA) is 99.0 Å². The molecular formula is C17H19N5O2S. The lowest BCUT2D eigenvalue weighted by Gasteiger charge is -2.12. The van der Waals surface area contributed by atoms with Crippen molar-refractivity contribution < 1.29 is 9.21 Å². The lowest BCUT2D eigenvalue weighted by atomic mass is 10.2. The molecular weight excluding hydrogens is 338 g/mol. The van der Waals surface area contributed by atoms with Crippen molar-refractivity contribution in [3.05, 3.63) is 47.9 Å². The minimum Gasteiger partial charge on any atom is -0.469 e. The monoisotopic (exact) mass is 357 g/mol. The highest BCUT2D eigenvalue weighted by Crippen LogP contribution is 2.27. The number of nitrogens with two attached hydrogens (primary N) is 1. The van der Waals surface area contributed by atoms with Crippen LogP contribution in [-0.4, -0.2) is 26.0 Å². The molecule has 1 atom stereocenters. The van der Waals surface area contributed by atoms with Gasteiger partial charge in [-0.2, -0.15) is 0 Å². The van der Waals surface area contributed by atoms with Crippen molar-refractivity contribution in [2.75, 3.05) is 11.2 Å². The van der Waals surface area contributed by atoms with Crippen LogP contribution in [0.5, 0.6) is 0 Å². The van der Waals surface area contributed by atoms with Gasteiger partial charge in [-0.05, 0) is 44.5 Å². The van der Waals surface area contributed by atoms with Crippen LogP contribution in [0.4, 0.5) is 5.69 Å². The Morgan fingerprint density at radius 3 is 2.80 bits per heavy atom. The molecule has 8 heteroatoms. The summed E-state index contributed by atoms with van der Waals surface area (Å²) in [4.78, 5) is 12.4. The molecule has 0 saturated heterocycles. The van der Waals surface area contributed by atoms with Gasteiger partial charge in [0, 0.05) is 5.69 Å². The van der Waals surface area contributed by atoms with Gasteiger partial charge >= 0.3 is 0 Å². The molecule has 0 aliphatic rings. The van der Waals surface area contributed by atoms with E-state index in [0.717, 1.165) is 16.8 Å². The number of carbonyl (C=O) groups excluding carboxylic acids is 1. The average Bonchev–Trinajstić information content (AvgIpc) is 3.13. The Morgan fingerprint density at radius 2 is 2.12 bits per heavy atom. The van der Waals surface area contributed by atoms with E-state index in [1.165, 1.54) is 16.4 Å². The normalized spacial score (nSPS) is 12.1. The van der Waals surface area contributed by atoms with Gasteiger partial charge in [-0.25, -0.2) is 4.68 Å². The van der Waals surface area contributed by atoms with Crippen molar-refractivity contribution >= 4 is 23.4 Å². The zero-order valence-corrected chi connectivity index (χ0v) is 15.0. The van der Waals surface area contributed by atoms with Crippen LogP contribution < -0.4 is 11.2 Å². The first-order valence-electron chi connectivity index (χ1n) is 7.75. The predicted molar refractivity (Wildman–Crippen MR) is 97.7 cm³/mol. The number of furan rings is 1. The number of rotatable bonds is 5. The second-order valence-corrected chi connectivity index (χ2v) is 6.99. The molecule has 0 fully saturated rings. The zero-order valence-electron chi connectivity index (χ0n) is 14.2. The van der Waals surface area contributed by atoms with Gasteiger partial charge in [-0.1, -0.05) is 23.9 Å². The summed E-state index contributed by atoms with van der Waals surface area (Å²) in [6, 6.07) is 9.43. The van der Waals surface area contributed by atoms with Crippen molar-refractivity contribution in [1.29, 1.82) is 0 Å². The number of anilines is 1. The van der Waals surface area contributed by atoms with Gasteiger partial charge in [0.2, 0.25) is 11.1 Å². The van der Waals surface area contributed by atoms with Crippen LogP contribution in [0.15, 0.2) is 46.2 Å². The summed E-state index contributed by atoms with van der Waals surface area (Å²) < 4.78 is 6.64. The first-order valence-corrected chi connectivity index (χ1v) is 8.63. The van der Waals surface area contributed by atoms with Crippen molar-refractivity contribution in [2.45, 2.75) is 31.2 Å². The third-order valence-electron chi connectivity index (χ3n) is 3.70. The molecule has 3 aromatic rings. The highest BCUT2D eigenvalue weighted by molar-refractivity contribution is 8.00. The Morgan fingerprint density at radius 1 is 1.32 bits per heavy atom. The molecule has 7 nitrogen and oxygen atoms in total. The fraction of sp³-hybridized carbons (Fsp3) is 0.235. The number of aromatic nitrogens is 3. The summed E-state index contributed by atoms with van der Waals surface area (Å²) in [7, 11) is 0. The van der Waals surface area contributed by atoms with Crippen molar-refractivity contribution in [3.63, 3.8) is 0 Å². The maximum Gasteiger partial charge on any atom is 0.237 e. The summed E-state index contributed by atoms with van der Waals surface area (Å²) in [6.45, 7) is 5.60. The zero-order chi connectivity index (χ0) is 18.0. The van der Waals surface area contributed by atoms with Crippen LogP contribution in [-0.2, 0) is 4.79 Å². The van der Waals surface area contributed by atoms with E-state index in [-0.39, 0.29) is 11.2 Å². The van der Waals surface area contributed by atoms with E-state index in [0.29, 0.717) is 16.7 Å². The van der Waals surface area contributed by atoms with E-state index in [2.05, 4.69) is 15.5 Å². The van der Waals surface area contributed by atoms with Crippen LogP contribution in [0.1, 0.15) is 18.2 Å². The number of amides is 1. The summed E-state index contributed by atoms with van der Waals surface area (Å²) in [5.74, 6) is 7.17. The third kappa shape index (κ3) is 3.69. The number of nitrogens with zero attached hydrogens (tertiary/aromatic N) is 3. The quantitative estimate of drug-likeness (QED) is 0.538. The van der Waals surface area contributed by atoms with E-state index in [1.54, 1.807) is 19.3 Å². The molecule has 25 heavy (non-hydrogen) atoms. The minimum absolute atomic E-state index is 0.125. The standard InChI is InChI=1S/C17H19N5O2S/c1-10-5-4-6-13(9-10)19-16(23)12(3)25-17-21-20-15(22(17)18)14-7-8-24-11(14)2/h4-9,12H,18H2,1-3H3,(H,19,23)/t12-/m0/s1. The van der Waals surface area contributed by atoms with Crippen LogP contribution >= 0.6 is 11.8 Å². The Bertz CT molecular complexity index is 902. The van der Waals surface area contributed by atoms with Gasteiger partial charge in [0.05, 0.1) is 17.1 Å². The minimum atomic E-state index is -0.384. The van der Waals surface area contributed by atoms with Crippen molar-refractivity contribution in [3.8, 4) is 11.4 Å². The number of nitrogens with one attached hydrogen (secondary N) is 1. The number of hydrogen-bond acceptors (Lipinski definition) is 6. The Balaban J connectivity index is 1.71. The Labute approximate surface area is 149 Å². The number of aryl methyl sites for hydroxylation is 2. The van der Waals surface area contributed by atoms with E-state index in [1.807, 2.05) is 38.1 Å². The molecule has 0 bridgehead atoms. The molecule has 1 aromatic carbocycles. The summed E-state index contributed by atoms with van der Waals surface area (Å²) >= 11 is 1.25. The lowest BCUT2D eigenvalue weighted by Crippen LogP contribution is -2.23. The molecule has 0 radical (unpaired) electrons. The highest BCUT2D eigenvalue weighted by Gasteiger charge is 2.21. The van der Waals surface area contributed by atoms with Crippen LogP contribution in [0, 0.1) is 13.8 Å². The summed E-state index contributed by atoms with van der Waals surface area (Å²) in [5, 5.41) is 11.2.